The van der Waals surface area contributed by atoms with E-state index in [1.54, 1.807) is 0 Å². The fourth-order valence-electron chi connectivity index (χ4n) is 2.12. The lowest BCUT2D eigenvalue weighted by molar-refractivity contribution is -0.274. The Balaban J connectivity index is 2.30. The lowest BCUT2D eigenvalue weighted by Crippen LogP contribution is -2.39. The van der Waals surface area contributed by atoms with Crippen LogP contribution in [0.15, 0.2) is 18.2 Å². The van der Waals surface area contributed by atoms with Crippen LogP contribution in [-0.2, 0) is 5.60 Å². The van der Waals surface area contributed by atoms with E-state index in [2.05, 4.69) is 10.1 Å². The van der Waals surface area contributed by atoms with E-state index in [1.165, 1.54) is 12.1 Å². The summed E-state index contributed by atoms with van der Waals surface area (Å²) >= 11 is 5.67. The number of nitrogens with one attached hydrogen (secondary N) is 1. The van der Waals surface area contributed by atoms with Gasteiger partial charge in [-0.05, 0) is 43.6 Å². The molecule has 7 heteroatoms. The Morgan fingerprint density at radius 3 is 2.47 bits per heavy atom. The molecule has 0 aliphatic carbocycles. The first-order valence-electron chi connectivity index (χ1n) is 5.79. The van der Waals surface area contributed by atoms with E-state index < -0.39 is 17.7 Å². The van der Waals surface area contributed by atoms with Crippen LogP contribution < -0.4 is 10.1 Å². The topological polar surface area (TPSA) is 41.5 Å². The highest BCUT2D eigenvalue weighted by Gasteiger charge is 2.35. The average Bonchev–Trinajstić information content (AvgIpc) is 2.31. The maximum absolute atomic E-state index is 12.2. The van der Waals surface area contributed by atoms with Crippen LogP contribution in [0, 0.1) is 0 Å². The standard InChI is InChI=1S/C12H13ClF3NO2/c13-9-2-1-8(7-10(9)19-12(14,15)16)11(18)3-5-17-6-4-11/h1-2,7,17-18H,3-6H2. The van der Waals surface area contributed by atoms with Crippen molar-refractivity contribution in [1.82, 2.24) is 5.32 Å². The van der Waals surface area contributed by atoms with Crippen molar-refractivity contribution in [1.29, 1.82) is 0 Å². The summed E-state index contributed by atoms with van der Waals surface area (Å²) in [5.74, 6) is -0.487. The van der Waals surface area contributed by atoms with Crippen molar-refractivity contribution >= 4 is 11.6 Å². The van der Waals surface area contributed by atoms with Gasteiger partial charge in [0.15, 0.2) is 0 Å². The van der Waals surface area contributed by atoms with Gasteiger partial charge in [-0.3, -0.25) is 0 Å². The lowest BCUT2D eigenvalue weighted by Gasteiger charge is -2.33. The minimum Gasteiger partial charge on any atom is -0.404 e. The smallest absolute Gasteiger partial charge is 0.404 e. The third-order valence-corrected chi connectivity index (χ3v) is 3.44. The number of rotatable bonds is 2. The van der Waals surface area contributed by atoms with E-state index in [-0.39, 0.29) is 5.02 Å². The predicted molar refractivity (Wildman–Crippen MR) is 64.1 cm³/mol. The van der Waals surface area contributed by atoms with Gasteiger partial charge in [0.25, 0.3) is 0 Å². The summed E-state index contributed by atoms with van der Waals surface area (Å²) in [5, 5.41) is 13.4. The molecule has 1 heterocycles. The van der Waals surface area contributed by atoms with E-state index in [0.29, 0.717) is 31.5 Å². The first-order chi connectivity index (χ1) is 8.80. The van der Waals surface area contributed by atoms with Crippen molar-refractivity contribution < 1.29 is 23.0 Å². The van der Waals surface area contributed by atoms with Crippen LogP contribution in [0.25, 0.3) is 0 Å². The maximum atomic E-state index is 12.2. The molecule has 1 fully saturated rings. The van der Waals surface area contributed by atoms with Gasteiger partial charge in [-0.1, -0.05) is 17.7 Å². The van der Waals surface area contributed by atoms with Crippen molar-refractivity contribution in [3.8, 4) is 5.75 Å². The van der Waals surface area contributed by atoms with Crippen LogP contribution in [0.3, 0.4) is 0 Å². The highest BCUT2D eigenvalue weighted by atomic mass is 35.5. The summed E-state index contributed by atoms with van der Waals surface area (Å²) < 4.78 is 40.6. The SMILES string of the molecule is OC1(c2ccc(Cl)c(OC(F)(F)F)c2)CCNCC1. The van der Waals surface area contributed by atoms with E-state index in [9.17, 15) is 18.3 Å². The minimum atomic E-state index is -4.81. The zero-order valence-electron chi connectivity index (χ0n) is 9.93. The van der Waals surface area contributed by atoms with E-state index in [4.69, 9.17) is 11.6 Å². The molecular weight excluding hydrogens is 283 g/mol. The lowest BCUT2D eigenvalue weighted by atomic mass is 9.85. The third kappa shape index (κ3) is 3.52. The Morgan fingerprint density at radius 2 is 1.89 bits per heavy atom. The van der Waals surface area contributed by atoms with Crippen LogP contribution in [0.1, 0.15) is 18.4 Å². The van der Waals surface area contributed by atoms with E-state index >= 15 is 0 Å². The van der Waals surface area contributed by atoms with E-state index in [0.717, 1.165) is 6.07 Å². The molecule has 0 saturated carbocycles. The average molecular weight is 296 g/mol. The molecule has 2 rings (SSSR count). The van der Waals surface area contributed by atoms with Crippen molar-refractivity contribution in [2.24, 2.45) is 0 Å². The van der Waals surface area contributed by atoms with Gasteiger partial charge >= 0.3 is 6.36 Å². The number of aliphatic hydroxyl groups is 1. The number of piperidine rings is 1. The zero-order valence-corrected chi connectivity index (χ0v) is 10.7. The molecule has 1 aliphatic rings. The molecule has 106 valence electrons. The molecule has 1 aliphatic heterocycles. The van der Waals surface area contributed by atoms with Gasteiger partial charge in [-0.2, -0.15) is 0 Å². The zero-order chi connectivity index (χ0) is 14.1. The highest BCUT2D eigenvalue weighted by molar-refractivity contribution is 6.32. The van der Waals surface area contributed by atoms with Crippen LogP contribution in [0.4, 0.5) is 13.2 Å². The molecule has 0 aromatic heterocycles. The molecule has 0 radical (unpaired) electrons. The summed E-state index contributed by atoms with van der Waals surface area (Å²) in [6.45, 7) is 1.21. The third-order valence-electron chi connectivity index (χ3n) is 3.12. The van der Waals surface area contributed by atoms with Gasteiger partial charge < -0.3 is 15.2 Å². The fraction of sp³-hybridized carbons (Fsp3) is 0.500. The van der Waals surface area contributed by atoms with Gasteiger partial charge in [0, 0.05) is 0 Å². The monoisotopic (exact) mass is 295 g/mol. The molecule has 0 bridgehead atoms. The number of halogens is 4. The first kappa shape index (κ1) is 14.4. The summed E-state index contributed by atoms with van der Waals surface area (Å²) in [5.41, 5.74) is -0.753. The molecule has 1 aromatic rings. The van der Waals surface area contributed by atoms with Crippen LogP contribution >= 0.6 is 11.6 Å². The molecule has 19 heavy (non-hydrogen) atoms. The van der Waals surface area contributed by atoms with Crippen molar-refractivity contribution in [2.45, 2.75) is 24.8 Å². The second-order valence-electron chi connectivity index (χ2n) is 4.47. The Bertz CT molecular complexity index is 459. The second kappa shape index (κ2) is 5.19. The van der Waals surface area contributed by atoms with Crippen molar-refractivity contribution in [3.63, 3.8) is 0 Å². The molecule has 2 N–H and O–H groups in total. The number of hydrogen-bond acceptors (Lipinski definition) is 3. The molecular formula is C12H13ClF3NO2. The molecule has 0 spiro atoms. The van der Waals surface area contributed by atoms with Gasteiger partial charge in [-0.15, -0.1) is 13.2 Å². The number of benzene rings is 1. The van der Waals surface area contributed by atoms with Gasteiger partial charge in [0.2, 0.25) is 0 Å². The Hall–Kier alpha value is -0.980. The van der Waals surface area contributed by atoms with Gasteiger partial charge in [-0.25, -0.2) is 0 Å². The van der Waals surface area contributed by atoms with Crippen molar-refractivity contribution in [2.75, 3.05) is 13.1 Å². The number of hydrogen-bond donors (Lipinski definition) is 2. The second-order valence-corrected chi connectivity index (χ2v) is 4.88. The number of alkyl halides is 3. The quantitative estimate of drug-likeness (QED) is 0.881. The van der Waals surface area contributed by atoms with Crippen LogP contribution in [0.5, 0.6) is 5.75 Å². The summed E-state index contributed by atoms with van der Waals surface area (Å²) in [4.78, 5) is 0. The largest absolute Gasteiger partial charge is 0.573 e. The Morgan fingerprint density at radius 1 is 1.26 bits per heavy atom. The summed E-state index contributed by atoms with van der Waals surface area (Å²) in [6.07, 6.45) is -3.95. The molecule has 0 atom stereocenters. The molecule has 1 aromatic carbocycles. The normalized spacial score (nSPS) is 19.2. The number of ether oxygens (including phenoxy) is 1. The summed E-state index contributed by atoms with van der Waals surface area (Å²) in [6, 6.07) is 3.98. The first-order valence-corrected chi connectivity index (χ1v) is 6.17. The molecule has 1 saturated heterocycles. The van der Waals surface area contributed by atoms with E-state index in [1.807, 2.05) is 0 Å². The van der Waals surface area contributed by atoms with Crippen LogP contribution in [-0.4, -0.2) is 24.6 Å². The summed E-state index contributed by atoms with van der Waals surface area (Å²) in [7, 11) is 0. The fourth-order valence-corrected chi connectivity index (χ4v) is 2.28. The minimum absolute atomic E-state index is 0.140. The van der Waals surface area contributed by atoms with Gasteiger partial charge in [0.1, 0.15) is 5.75 Å². The molecule has 3 nitrogen and oxygen atoms in total. The maximum Gasteiger partial charge on any atom is 0.573 e. The predicted octanol–water partition coefficient (Wildman–Crippen LogP) is 2.81. The Kier molecular flexibility index (Phi) is 3.94. The molecule has 0 amide bonds. The van der Waals surface area contributed by atoms with Gasteiger partial charge in [0.05, 0.1) is 10.6 Å². The molecule has 0 unspecified atom stereocenters. The van der Waals surface area contributed by atoms with Crippen molar-refractivity contribution in [3.05, 3.63) is 28.8 Å². The van der Waals surface area contributed by atoms with Crippen LogP contribution in [0.2, 0.25) is 5.02 Å². The Labute approximate surface area is 113 Å². The highest BCUT2D eigenvalue weighted by Crippen LogP contribution is 2.37.